The van der Waals surface area contributed by atoms with Crippen LogP contribution in [0.4, 0.5) is 13.2 Å². The number of hydrogen-bond donors (Lipinski definition) is 2. The third kappa shape index (κ3) is 6.53. The second-order valence-corrected chi connectivity index (χ2v) is 8.33. The molecule has 0 radical (unpaired) electrons. The van der Waals surface area contributed by atoms with Crippen molar-refractivity contribution in [1.29, 1.82) is 0 Å². The second-order valence-electron chi connectivity index (χ2n) is 7.55. The number of carbonyl (C=O) groups excluding carboxylic acids is 1. The number of fused-ring (bicyclic) bond motifs is 1. The molecule has 4 heterocycles. The van der Waals surface area contributed by atoms with Crippen LogP contribution in [0.3, 0.4) is 0 Å². The third-order valence-electron chi connectivity index (χ3n) is 5.40. The molecule has 2 N–H and O–H groups in total. The van der Waals surface area contributed by atoms with Gasteiger partial charge in [0.15, 0.2) is 0 Å². The van der Waals surface area contributed by atoms with E-state index in [1.807, 2.05) is 23.0 Å². The molecule has 1 fully saturated rings. The first-order valence-electron chi connectivity index (χ1n) is 10.2. The van der Waals surface area contributed by atoms with Crippen molar-refractivity contribution in [1.82, 2.24) is 20.0 Å². The largest absolute Gasteiger partial charge is 0.490 e. The first kappa shape index (κ1) is 24.2. The SMILES string of the molecule is O=C(NCCC1CN(C2CCOCC2)Cc2ccnn21)c1ccsc1.O=C(O)C(F)(F)F. The third-order valence-corrected chi connectivity index (χ3v) is 6.09. The van der Waals surface area contributed by atoms with Crippen molar-refractivity contribution in [3.63, 3.8) is 0 Å². The predicted octanol–water partition coefficient (Wildman–Crippen LogP) is 2.93. The molecule has 2 aliphatic heterocycles. The van der Waals surface area contributed by atoms with Crippen LogP contribution in [0.1, 0.15) is 41.4 Å². The topological polar surface area (TPSA) is 96.7 Å². The van der Waals surface area contributed by atoms with Crippen molar-refractivity contribution >= 4 is 23.2 Å². The lowest BCUT2D eigenvalue weighted by Crippen LogP contribution is -2.46. The van der Waals surface area contributed by atoms with Gasteiger partial charge in [0.05, 0.1) is 11.7 Å². The molecule has 0 spiro atoms. The molecule has 2 aromatic heterocycles. The van der Waals surface area contributed by atoms with Gasteiger partial charge in [-0.3, -0.25) is 14.4 Å². The van der Waals surface area contributed by atoms with E-state index in [0.717, 1.165) is 51.1 Å². The minimum absolute atomic E-state index is 0.0130. The number of alkyl halides is 3. The molecule has 2 aromatic rings. The minimum atomic E-state index is -5.08. The van der Waals surface area contributed by atoms with Crippen molar-refractivity contribution in [3.8, 4) is 0 Å². The first-order chi connectivity index (χ1) is 15.3. The second kappa shape index (κ2) is 10.9. The van der Waals surface area contributed by atoms with Gasteiger partial charge >= 0.3 is 12.1 Å². The molecule has 0 bridgehead atoms. The Morgan fingerprint density at radius 3 is 2.62 bits per heavy atom. The Bertz CT molecular complexity index is 882. The van der Waals surface area contributed by atoms with E-state index in [0.29, 0.717) is 18.6 Å². The number of rotatable bonds is 5. The van der Waals surface area contributed by atoms with Gasteiger partial charge in [-0.15, -0.1) is 0 Å². The molecule has 1 atom stereocenters. The standard InChI is InChI=1S/C18H24N4O2S.C2HF3O2/c23-18(14-5-10-25-13-14)19-6-1-16-11-21(15-3-8-24-9-4-15)12-17-2-7-20-22(16)17;3-2(4,5)1(6)7/h2,5,7,10,13,15-16H,1,3-4,6,8-9,11-12H2,(H,19,23);(H,6,7). The molecule has 12 heteroatoms. The van der Waals surface area contributed by atoms with E-state index in [9.17, 15) is 18.0 Å². The number of aliphatic carboxylic acids is 1. The van der Waals surface area contributed by atoms with E-state index in [1.165, 1.54) is 5.69 Å². The summed E-state index contributed by atoms with van der Waals surface area (Å²) in [7, 11) is 0. The number of carboxylic acids is 1. The van der Waals surface area contributed by atoms with Crippen LogP contribution in [-0.2, 0) is 16.1 Å². The Morgan fingerprint density at radius 2 is 2.00 bits per heavy atom. The summed E-state index contributed by atoms with van der Waals surface area (Å²) in [5.74, 6) is -2.74. The molecule has 0 aromatic carbocycles. The highest BCUT2D eigenvalue weighted by molar-refractivity contribution is 7.08. The number of carbonyl (C=O) groups is 2. The summed E-state index contributed by atoms with van der Waals surface area (Å²) >= 11 is 1.55. The smallest absolute Gasteiger partial charge is 0.475 e. The number of nitrogens with one attached hydrogen (secondary N) is 1. The molecule has 0 saturated carbocycles. The number of carboxylic acid groups (broad SMARTS) is 1. The number of thiophene rings is 1. The number of halogens is 3. The molecule has 1 saturated heterocycles. The van der Waals surface area contributed by atoms with Crippen LogP contribution in [0.15, 0.2) is 29.1 Å². The zero-order chi connectivity index (χ0) is 23.1. The van der Waals surface area contributed by atoms with Crippen LogP contribution in [0.5, 0.6) is 0 Å². The quantitative estimate of drug-likeness (QED) is 0.692. The van der Waals surface area contributed by atoms with Crippen molar-refractivity contribution < 1.29 is 32.6 Å². The Morgan fingerprint density at radius 1 is 1.28 bits per heavy atom. The van der Waals surface area contributed by atoms with Crippen molar-refractivity contribution in [3.05, 3.63) is 40.3 Å². The van der Waals surface area contributed by atoms with E-state index in [-0.39, 0.29) is 5.91 Å². The first-order valence-corrected chi connectivity index (χ1v) is 11.1. The molecule has 32 heavy (non-hydrogen) atoms. The average Bonchev–Trinajstić information content (AvgIpc) is 3.46. The van der Waals surface area contributed by atoms with E-state index in [2.05, 4.69) is 26.1 Å². The number of aromatic nitrogens is 2. The van der Waals surface area contributed by atoms with Gasteiger partial charge in [-0.2, -0.15) is 29.6 Å². The molecule has 2 aliphatic rings. The molecule has 8 nitrogen and oxygen atoms in total. The average molecular weight is 475 g/mol. The highest BCUT2D eigenvalue weighted by Gasteiger charge is 2.38. The van der Waals surface area contributed by atoms with Gasteiger partial charge in [0, 0.05) is 56.0 Å². The number of ether oxygens (including phenoxy) is 1. The molecular weight excluding hydrogens is 449 g/mol. The molecular formula is C20H25F3N4O4S. The Kier molecular flexibility index (Phi) is 8.26. The summed E-state index contributed by atoms with van der Waals surface area (Å²) < 4.78 is 39.4. The summed E-state index contributed by atoms with van der Waals surface area (Å²) in [5.41, 5.74) is 2.02. The summed E-state index contributed by atoms with van der Waals surface area (Å²) in [4.78, 5) is 23.6. The van der Waals surface area contributed by atoms with Crippen LogP contribution >= 0.6 is 11.3 Å². The minimum Gasteiger partial charge on any atom is -0.475 e. The van der Waals surface area contributed by atoms with Gasteiger partial charge in [0.25, 0.3) is 5.91 Å². The summed E-state index contributed by atoms with van der Waals surface area (Å²) in [5, 5.41) is 18.5. The summed E-state index contributed by atoms with van der Waals surface area (Å²) in [6.07, 6.45) is -0.0878. The predicted molar refractivity (Wildman–Crippen MR) is 110 cm³/mol. The summed E-state index contributed by atoms with van der Waals surface area (Å²) in [6.45, 7) is 4.35. The molecule has 1 unspecified atom stereocenters. The van der Waals surface area contributed by atoms with Gasteiger partial charge in [-0.05, 0) is 36.8 Å². The van der Waals surface area contributed by atoms with E-state index in [1.54, 1.807) is 11.3 Å². The van der Waals surface area contributed by atoms with Crippen LogP contribution in [-0.4, -0.2) is 70.2 Å². The Balaban J connectivity index is 0.000000360. The van der Waals surface area contributed by atoms with Crippen molar-refractivity contribution in [2.75, 3.05) is 26.3 Å². The lowest BCUT2D eigenvalue weighted by atomic mass is 10.0. The Labute approximate surface area is 187 Å². The maximum Gasteiger partial charge on any atom is 0.490 e. The zero-order valence-electron chi connectivity index (χ0n) is 17.3. The van der Waals surface area contributed by atoms with E-state index >= 15 is 0 Å². The van der Waals surface area contributed by atoms with E-state index in [4.69, 9.17) is 14.6 Å². The fraction of sp³-hybridized carbons (Fsp3) is 0.550. The van der Waals surface area contributed by atoms with Gasteiger partial charge in [-0.1, -0.05) is 0 Å². The summed E-state index contributed by atoms with van der Waals surface area (Å²) in [6, 6.07) is 4.88. The van der Waals surface area contributed by atoms with Crippen LogP contribution in [0, 0.1) is 0 Å². The van der Waals surface area contributed by atoms with Crippen molar-refractivity contribution in [2.45, 2.75) is 44.1 Å². The lowest BCUT2D eigenvalue weighted by Gasteiger charge is -2.40. The normalized spacial score (nSPS) is 19.5. The number of hydrogen-bond acceptors (Lipinski definition) is 6. The van der Waals surface area contributed by atoms with Gasteiger partial charge in [0.1, 0.15) is 0 Å². The number of amides is 1. The van der Waals surface area contributed by atoms with E-state index < -0.39 is 12.1 Å². The van der Waals surface area contributed by atoms with Crippen LogP contribution in [0.2, 0.25) is 0 Å². The van der Waals surface area contributed by atoms with Crippen LogP contribution < -0.4 is 5.32 Å². The highest BCUT2D eigenvalue weighted by Crippen LogP contribution is 2.27. The van der Waals surface area contributed by atoms with Crippen LogP contribution in [0.25, 0.3) is 0 Å². The Hall–Kier alpha value is -2.44. The lowest BCUT2D eigenvalue weighted by molar-refractivity contribution is -0.192. The molecule has 1 amide bonds. The highest BCUT2D eigenvalue weighted by atomic mass is 32.1. The monoisotopic (exact) mass is 474 g/mol. The fourth-order valence-corrected chi connectivity index (χ4v) is 4.44. The fourth-order valence-electron chi connectivity index (χ4n) is 3.81. The maximum atomic E-state index is 12.1. The van der Waals surface area contributed by atoms with Gasteiger partial charge < -0.3 is 15.2 Å². The number of nitrogens with zero attached hydrogens (tertiary/aromatic N) is 3. The molecule has 0 aliphatic carbocycles. The van der Waals surface area contributed by atoms with Gasteiger partial charge in [-0.25, -0.2) is 4.79 Å². The maximum absolute atomic E-state index is 12.1. The van der Waals surface area contributed by atoms with Crippen molar-refractivity contribution in [2.24, 2.45) is 0 Å². The zero-order valence-corrected chi connectivity index (χ0v) is 18.1. The molecule has 176 valence electrons. The van der Waals surface area contributed by atoms with Gasteiger partial charge in [0.2, 0.25) is 0 Å². The molecule has 4 rings (SSSR count).